The lowest BCUT2D eigenvalue weighted by Crippen LogP contribution is -2.34. The van der Waals surface area contributed by atoms with Crippen LogP contribution in [0.4, 0.5) is 0 Å². The average Bonchev–Trinajstić information content (AvgIpc) is 3.30. The molecule has 2 aliphatic carbocycles. The molecule has 0 aliphatic heterocycles. The lowest BCUT2D eigenvalue weighted by atomic mass is 10.4. The molecule has 6 heteroatoms. The number of sulfonamides is 1. The first-order valence-corrected chi connectivity index (χ1v) is 8.74. The van der Waals surface area contributed by atoms with E-state index in [0.29, 0.717) is 41.3 Å². The molecule has 0 bridgehead atoms. The van der Waals surface area contributed by atoms with Crippen molar-refractivity contribution in [1.29, 1.82) is 0 Å². The van der Waals surface area contributed by atoms with Gasteiger partial charge in [0.15, 0.2) is 0 Å². The van der Waals surface area contributed by atoms with Gasteiger partial charge in [0.2, 0.25) is 10.0 Å². The van der Waals surface area contributed by atoms with Gasteiger partial charge in [-0.25, -0.2) is 8.42 Å². The predicted octanol–water partition coefficient (Wildman–Crippen LogP) is 1.86. The quantitative estimate of drug-likeness (QED) is 0.833. The molecule has 3 rings (SSSR count). The van der Waals surface area contributed by atoms with Crippen LogP contribution in [0.2, 0.25) is 0 Å². The Morgan fingerprint density at radius 1 is 1.25 bits per heavy atom. The van der Waals surface area contributed by atoms with Gasteiger partial charge in [-0.2, -0.15) is 4.31 Å². The monoisotopic (exact) mass is 298 g/mol. The summed E-state index contributed by atoms with van der Waals surface area (Å²) in [5.74, 6) is 2.07. The van der Waals surface area contributed by atoms with Crippen molar-refractivity contribution in [2.75, 3.05) is 13.1 Å². The molecule has 5 nitrogen and oxygen atoms in total. The summed E-state index contributed by atoms with van der Waals surface area (Å²) in [7, 11) is -3.45. The Hall–Kier alpha value is -0.850. The highest BCUT2D eigenvalue weighted by molar-refractivity contribution is 7.89. The van der Waals surface area contributed by atoms with Crippen LogP contribution < -0.4 is 5.73 Å². The van der Waals surface area contributed by atoms with Crippen molar-refractivity contribution in [2.24, 2.45) is 17.6 Å². The second-order valence-corrected chi connectivity index (χ2v) is 7.95. The van der Waals surface area contributed by atoms with E-state index in [9.17, 15) is 8.42 Å². The summed E-state index contributed by atoms with van der Waals surface area (Å²) in [4.78, 5) is 0.291. The average molecular weight is 298 g/mol. The Morgan fingerprint density at radius 3 is 2.20 bits per heavy atom. The van der Waals surface area contributed by atoms with Crippen LogP contribution in [0.5, 0.6) is 0 Å². The van der Waals surface area contributed by atoms with Crippen LogP contribution in [-0.4, -0.2) is 25.8 Å². The molecule has 2 aliphatic rings. The van der Waals surface area contributed by atoms with E-state index in [1.807, 2.05) is 0 Å². The lowest BCUT2D eigenvalue weighted by Gasteiger charge is -2.21. The number of rotatable bonds is 7. The number of aryl methyl sites for hydroxylation is 1. The summed E-state index contributed by atoms with van der Waals surface area (Å²) in [6, 6.07) is 1.58. The van der Waals surface area contributed by atoms with Gasteiger partial charge in [-0.1, -0.05) is 0 Å². The van der Waals surface area contributed by atoms with Crippen molar-refractivity contribution in [3.63, 3.8) is 0 Å². The third-order valence-corrected chi connectivity index (χ3v) is 6.00. The highest BCUT2D eigenvalue weighted by atomic mass is 32.2. The van der Waals surface area contributed by atoms with Gasteiger partial charge in [-0.05, 0) is 44.4 Å². The van der Waals surface area contributed by atoms with Crippen LogP contribution in [0.1, 0.15) is 37.2 Å². The molecule has 0 atom stereocenters. The number of hydrogen-bond acceptors (Lipinski definition) is 4. The molecule has 0 amide bonds. The molecule has 1 aromatic heterocycles. The third kappa shape index (κ3) is 2.92. The number of furan rings is 1. The zero-order valence-corrected chi connectivity index (χ0v) is 12.7. The van der Waals surface area contributed by atoms with Crippen molar-refractivity contribution in [3.05, 3.63) is 17.6 Å². The molecule has 0 saturated heterocycles. The van der Waals surface area contributed by atoms with E-state index < -0.39 is 10.0 Å². The molecule has 2 saturated carbocycles. The topological polar surface area (TPSA) is 76.5 Å². The molecule has 0 unspecified atom stereocenters. The Morgan fingerprint density at radius 2 is 1.80 bits per heavy atom. The largest absolute Gasteiger partial charge is 0.464 e. The number of nitrogens with zero attached hydrogens (tertiary/aromatic N) is 1. The molecule has 1 aromatic rings. The molecule has 112 valence electrons. The maximum Gasteiger partial charge on any atom is 0.246 e. The second kappa shape index (κ2) is 5.16. The molecule has 0 radical (unpaired) electrons. The Balaban J connectivity index is 1.86. The van der Waals surface area contributed by atoms with Crippen LogP contribution in [0, 0.1) is 18.8 Å². The van der Waals surface area contributed by atoms with Crippen LogP contribution in [0.25, 0.3) is 0 Å². The van der Waals surface area contributed by atoms with E-state index in [1.54, 1.807) is 17.3 Å². The first-order chi connectivity index (χ1) is 9.50. The second-order valence-electron chi connectivity index (χ2n) is 6.05. The minimum absolute atomic E-state index is 0.224. The zero-order chi connectivity index (χ0) is 14.3. The van der Waals surface area contributed by atoms with E-state index in [1.165, 1.54) is 0 Å². The van der Waals surface area contributed by atoms with Crippen molar-refractivity contribution < 1.29 is 12.8 Å². The van der Waals surface area contributed by atoms with E-state index >= 15 is 0 Å². The third-order valence-electron chi connectivity index (χ3n) is 4.06. The SMILES string of the molecule is Cc1oc(CN)cc1S(=O)(=O)N(CC1CC1)CC1CC1. The van der Waals surface area contributed by atoms with E-state index in [0.717, 1.165) is 25.7 Å². The van der Waals surface area contributed by atoms with Crippen LogP contribution in [-0.2, 0) is 16.6 Å². The normalized spacial score (nSPS) is 19.8. The van der Waals surface area contributed by atoms with Gasteiger partial charge >= 0.3 is 0 Å². The van der Waals surface area contributed by atoms with Crippen molar-refractivity contribution in [3.8, 4) is 0 Å². The first kappa shape index (κ1) is 14.1. The standard InChI is InChI=1S/C14H22N2O3S/c1-10-14(6-13(7-15)19-10)20(17,18)16(8-11-2-3-11)9-12-4-5-12/h6,11-12H,2-5,7-9,15H2,1H3. The number of hydrogen-bond donors (Lipinski definition) is 1. The Kier molecular flexibility index (Phi) is 3.64. The zero-order valence-electron chi connectivity index (χ0n) is 11.8. The van der Waals surface area contributed by atoms with Crippen LogP contribution >= 0.6 is 0 Å². The predicted molar refractivity (Wildman–Crippen MR) is 75.5 cm³/mol. The highest BCUT2D eigenvalue weighted by Gasteiger charge is 2.37. The summed E-state index contributed by atoms with van der Waals surface area (Å²) >= 11 is 0. The van der Waals surface area contributed by atoms with Gasteiger partial charge in [0.05, 0.1) is 6.54 Å². The molecule has 2 N–H and O–H groups in total. The van der Waals surface area contributed by atoms with E-state index in [2.05, 4.69) is 0 Å². The van der Waals surface area contributed by atoms with Crippen molar-refractivity contribution >= 4 is 10.0 Å². The van der Waals surface area contributed by atoms with Gasteiger partial charge < -0.3 is 10.2 Å². The Bertz CT molecular complexity index is 572. The minimum Gasteiger partial charge on any atom is -0.464 e. The fourth-order valence-corrected chi connectivity index (χ4v) is 4.25. The van der Waals surface area contributed by atoms with Crippen LogP contribution in [0.15, 0.2) is 15.4 Å². The summed E-state index contributed by atoms with van der Waals surface area (Å²) in [5, 5.41) is 0. The minimum atomic E-state index is -3.45. The summed E-state index contributed by atoms with van der Waals surface area (Å²) in [6.07, 6.45) is 4.59. The summed E-state index contributed by atoms with van der Waals surface area (Å²) < 4.78 is 32.7. The van der Waals surface area contributed by atoms with Gasteiger partial charge in [-0.15, -0.1) is 0 Å². The van der Waals surface area contributed by atoms with Gasteiger partial charge in [0.1, 0.15) is 16.4 Å². The maximum absolute atomic E-state index is 12.8. The fourth-order valence-electron chi connectivity index (χ4n) is 2.47. The van der Waals surface area contributed by atoms with Crippen molar-refractivity contribution in [2.45, 2.75) is 44.0 Å². The smallest absolute Gasteiger partial charge is 0.246 e. The van der Waals surface area contributed by atoms with Gasteiger partial charge in [-0.3, -0.25) is 0 Å². The molecule has 2 fully saturated rings. The van der Waals surface area contributed by atoms with Gasteiger partial charge in [0.25, 0.3) is 0 Å². The highest BCUT2D eigenvalue weighted by Crippen LogP contribution is 2.36. The molecular weight excluding hydrogens is 276 g/mol. The maximum atomic E-state index is 12.8. The number of nitrogens with two attached hydrogens (primary N) is 1. The van der Waals surface area contributed by atoms with E-state index in [-0.39, 0.29) is 6.54 Å². The lowest BCUT2D eigenvalue weighted by molar-refractivity contribution is 0.380. The first-order valence-electron chi connectivity index (χ1n) is 7.30. The van der Waals surface area contributed by atoms with E-state index in [4.69, 9.17) is 10.2 Å². The molecular formula is C14H22N2O3S. The molecule has 0 aromatic carbocycles. The summed E-state index contributed by atoms with van der Waals surface area (Å²) in [5.41, 5.74) is 5.53. The fraction of sp³-hybridized carbons (Fsp3) is 0.714. The molecule has 1 heterocycles. The van der Waals surface area contributed by atoms with Crippen LogP contribution in [0.3, 0.4) is 0 Å². The van der Waals surface area contributed by atoms with Crippen molar-refractivity contribution in [1.82, 2.24) is 4.31 Å². The molecule has 0 spiro atoms. The molecule has 20 heavy (non-hydrogen) atoms. The Labute approximate surface area is 120 Å². The van der Waals surface area contributed by atoms with Gasteiger partial charge in [0, 0.05) is 19.2 Å². The summed E-state index contributed by atoms with van der Waals surface area (Å²) in [6.45, 7) is 3.23.